The molecule has 3 N–H and O–H groups in total. The third-order valence-electron chi connectivity index (χ3n) is 13.6. The van der Waals surface area contributed by atoms with Crippen LogP contribution in [0.3, 0.4) is 0 Å². The summed E-state index contributed by atoms with van der Waals surface area (Å²) in [5, 5.41) is 34.3. The number of esters is 2. The molecule has 8 nitrogen and oxygen atoms in total. The minimum atomic E-state index is -1.05. The maximum atomic E-state index is 13.7. The normalized spacial score (nSPS) is 42.3. The van der Waals surface area contributed by atoms with E-state index in [0.717, 1.165) is 32.1 Å². The predicted molar refractivity (Wildman–Crippen MR) is 172 cm³/mol. The lowest BCUT2D eigenvalue weighted by Gasteiger charge is -2.70. The molecule has 0 aromatic carbocycles. The van der Waals surface area contributed by atoms with Crippen LogP contribution in [0.5, 0.6) is 0 Å². The molecule has 0 aromatic rings. The molecule has 0 radical (unpaired) electrons. The van der Waals surface area contributed by atoms with Crippen LogP contribution in [0.4, 0.5) is 0 Å². The molecule has 4 aliphatic rings. The van der Waals surface area contributed by atoms with Crippen molar-refractivity contribution in [2.75, 3.05) is 0 Å². The Kier molecular flexibility index (Phi) is 10.0. The number of aliphatic hydroxyl groups is 2. The van der Waals surface area contributed by atoms with Crippen LogP contribution >= 0.6 is 0 Å². The lowest BCUT2D eigenvalue weighted by molar-refractivity contribution is -0.290. The average Bonchev–Trinajstić information content (AvgIpc) is 3.23. The van der Waals surface area contributed by atoms with Crippen molar-refractivity contribution < 1.29 is 39.2 Å². The molecule has 0 saturated heterocycles. The van der Waals surface area contributed by atoms with Gasteiger partial charge in [0, 0.05) is 23.8 Å². The molecule has 45 heavy (non-hydrogen) atoms. The van der Waals surface area contributed by atoms with Gasteiger partial charge in [-0.15, -0.1) is 0 Å². The number of carboxylic acids is 1. The van der Waals surface area contributed by atoms with Crippen molar-refractivity contribution in [2.24, 2.45) is 51.2 Å². The Labute approximate surface area is 270 Å². The van der Waals surface area contributed by atoms with Gasteiger partial charge in [0.2, 0.25) is 0 Å². The maximum Gasteiger partial charge on any atom is 0.331 e. The topological polar surface area (TPSA) is 130 Å². The molecule has 0 bridgehead atoms. The highest BCUT2D eigenvalue weighted by atomic mass is 16.6. The van der Waals surface area contributed by atoms with Gasteiger partial charge in [-0.1, -0.05) is 54.9 Å². The number of fused-ring (bicyclic) bond motifs is 5. The number of carbonyl (C=O) groups is 3. The second kappa shape index (κ2) is 12.6. The van der Waals surface area contributed by atoms with Crippen LogP contribution in [-0.2, 0) is 23.9 Å². The van der Waals surface area contributed by atoms with E-state index in [1.165, 1.54) is 6.92 Å². The Morgan fingerprint density at radius 2 is 1.69 bits per heavy atom. The fourth-order valence-electron chi connectivity index (χ4n) is 10.5. The second-order valence-corrected chi connectivity index (χ2v) is 16.8. The van der Waals surface area contributed by atoms with Gasteiger partial charge in [0.15, 0.2) is 0 Å². The van der Waals surface area contributed by atoms with Crippen LogP contribution in [0.15, 0.2) is 11.1 Å². The van der Waals surface area contributed by atoms with Crippen molar-refractivity contribution in [1.82, 2.24) is 0 Å². The largest absolute Gasteiger partial charge is 0.478 e. The van der Waals surface area contributed by atoms with Crippen LogP contribution in [0.25, 0.3) is 0 Å². The lowest BCUT2D eigenvalue weighted by atomic mass is 9.35. The molecule has 256 valence electrons. The summed E-state index contributed by atoms with van der Waals surface area (Å²) in [6, 6.07) is 0. The molecule has 0 amide bonds. The van der Waals surface area contributed by atoms with Crippen molar-refractivity contribution in [3.63, 3.8) is 0 Å². The number of ether oxygens (including phenoxy) is 2. The van der Waals surface area contributed by atoms with E-state index in [2.05, 4.69) is 34.6 Å². The molecule has 4 saturated carbocycles. The fourth-order valence-corrected chi connectivity index (χ4v) is 10.5. The number of hydrogen-bond donors (Lipinski definition) is 3. The summed E-state index contributed by atoms with van der Waals surface area (Å²) < 4.78 is 12.4. The van der Waals surface area contributed by atoms with E-state index < -0.39 is 52.6 Å². The number of hydrogen-bond acceptors (Lipinski definition) is 7. The zero-order valence-electron chi connectivity index (χ0n) is 29.4. The molecule has 0 aliphatic heterocycles. The number of rotatable bonds is 9. The van der Waals surface area contributed by atoms with Gasteiger partial charge in [0.05, 0.1) is 17.6 Å². The standard InChI is InChI=1S/C37H60O8/c1-11-34(6,7)33(43)45-30-29-21(4)25(39)17-18-35(29,8)27-16-15-24-28(23(32(41)42)14-12-13-20(2)3)26(44-22(5)38)19-36(24,9)37(27,10)31(30)40/h20-21,24-27,29-31,39-40H,11-19H2,1-10H3,(H,41,42)/b28-23-. The Balaban J connectivity index is 1.89. The van der Waals surface area contributed by atoms with Crippen molar-refractivity contribution in [2.45, 2.75) is 151 Å². The summed E-state index contributed by atoms with van der Waals surface area (Å²) in [5.74, 6) is -1.93. The highest BCUT2D eigenvalue weighted by molar-refractivity contribution is 5.88. The third-order valence-corrected chi connectivity index (χ3v) is 13.6. The number of carboxylic acid groups (broad SMARTS) is 1. The van der Waals surface area contributed by atoms with Gasteiger partial charge >= 0.3 is 17.9 Å². The van der Waals surface area contributed by atoms with Crippen molar-refractivity contribution in [3.8, 4) is 0 Å². The minimum Gasteiger partial charge on any atom is -0.478 e. The molecular formula is C37H60O8. The van der Waals surface area contributed by atoms with Crippen LogP contribution in [0, 0.1) is 51.2 Å². The summed E-state index contributed by atoms with van der Waals surface area (Å²) in [7, 11) is 0. The van der Waals surface area contributed by atoms with E-state index in [9.17, 15) is 29.7 Å². The molecule has 4 fully saturated rings. The monoisotopic (exact) mass is 632 g/mol. The van der Waals surface area contributed by atoms with E-state index in [1.807, 2.05) is 27.7 Å². The average molecular weight is 633 g/mol. The first-order chi connectivity index (χ1) is 20.8. The molecule has 4 rings (SSSR count). The first-order valence-corrected chi connectivity index (χ1v) is 17.5. The fraction of sp³-hybridized carbons (Fsp3) is 0.865. The summed E-state index contributed by atoms with van der Waals surface area (Å²) in [6.45, 7) is 19.8. The third kappa shape index (κ3) is 5.78. The SMILES string of the molecule is CCC(C)(C)C(=O)OC1C2C(C)C(O)CCC2(C)C2CCC3/C(=C(\CCCC(C)C)C(=O)O)C(OC(C)=O)CC3(C)C2(C)C1O. The van der Waals surface area contributed by atoms with Gasteiger partial charge in [0.25, 0.3) is 0 Å². The van der Waals surface area contributed by atoms with Gasteiger partial charge in [-0.3, -0.25) is 9.59 Å². The highest BCUT2D eigenvalue weighted by Gasteiger charge is 2.74. The predicted octanol–water partition coefficient (Wildman–Crippen LogP) is 6.70. The maximum absolute atomic E-state index is 13.7. The first-order valence-electron chi connectivity index (χ1n) is 17.5. The zero-order valence-corrected chi connectivity index (χ0v) is 29.4. The second-order valence-electron chi connectivity index (χ2n) is 16.8. The van der Waals surface area contributed by atoms with Crippen LogP contribution < -0.4 is 0 Å². The van der Waals surface area contributed by atoms with Crippen LogP contribution in [0.2, 0.25) is 0 Å². The smallest absolute Gasteiger partial charge is 0.331 e. The van der Waals surface area contributed by atoms with E-state index in [4.69, 9.17) is 9.47 Å². The van der Waals surface area contributed by atoms with Gasteiger partial charge < -0.3 is 24.8 Å². The van der Waals surface area contributed by atoms with E-state index in [0.29, 0.717) is 42.7 Å². The quantitative estimate of drug-likeness (QED) is 0.189. The Morgan fingerprint density at radius 1 is 1.04 bits per heavy atom. The van der Waals surface area contributed by atoms with Gasteiger partial charge in [-0.25, -0.2) is 4.79 Å². The molecule has 0 spiro atoms. The molecule has 4 aliphatic carbocycles. The molecular weight excluding hydrogens is 572 g/mol. The summed E-state index contributed by atoms with van der Waals surface area (Å²) in [5.41, 5.74) is -1.45. The summed E-state index contributed by atoms with van der Waals surface area (Å²) in [4.78, 5) is 39.0. The van der Waals surface area contributed by atoms with Crippen LogP contribution in [0.1, 0.15) is 127 Å². The molecule has 0 heterocycles. The minimum absolute atomic E-state index is 0.0295. The Hall–Kier alpha value is -1.93. The van der Waals surface area contributed by atoms with E-state index in [1.54, 1.807) is 0 Å². The van der Waals surface area contributed by atoms with Gasteiger partial charge in [-0.05, 0) is 105 Å². The van der Waals surface area contributed by atoms with Gasteiger partial charge in [-0.2, -0.15) is 0 Å². The number of aliphatic carboxylic acids is 1. The first kappa shape index (κ1) is 35.9. The lowest BCUT2D eigenvalue weighted by Crippen LogP contribution is -2.72. The summed E-state index contributed by atoms with van der Waals surface area (Å²) >= 11 is 0. The van der Waals surface area contributed by atoms with Crippen molar-refractivity contribution in [3.05, 3.63) is 11.1 Å². The zero-order chi connectivity index (χ0) is 33.9. The molecule has 8 heteroatoms. The Morgan fingerprint density at radius 3 is 2.24 bits per heavy atom. The highest BCUT2D eigenvalue weighted by Crippen LogP contribution is 2.74. The number of carbonyl (C=O) groups excluding carboxylic acids is 2. The molecule has 11 atom stereocenters. The van der Waals surface area contributed by atoms with Gasteiger partial charge in [0.1, 0.15) is 12.2 Å². The van der Waals surface area contributed by atoms with E-state index >= 15 is 0 Å². The van der Waals surface area contributed by atoms with Crippen LogP contribution in [-0.4, -0.2) is 57.6 Å². The summed E-state index contributed by atoms with van der Waals surface area (Å²) in [6.07, 6.45) is 2.76. The Bertz CT molecular complexity index is 1190. The van der Waals surface area contributed by atoms with Crippen molar-refractivity contribution >= 4 is 17.9 Å². The van der Waals surface area contributed by atoms with Crippen molar-refractivity contribution in [1.29, 1.82) is 0 Å². The molecule has 11 unspecified atom stereocenters. The number of aliphatic hydroxyl groups excluding tert-OH is 2. The molecule has 0 aromatic heterocycles. The van der Waals surface area contributed by atoms with E-state index in [-0.39, 0.29) is 35.1 Å².